The molecule has 0 radical (unpaired) electrons. The number of amides is 1. The van der Waals surface area contributed by atoms with E-state index in [0.717, 1.165) is 24.4 Å². The van der Waals surface area contributed by atoms with Gasteiger partial charge in [0.2, 0.25) is 0 Å². The quantitative estimate of drug-likeness (QED) is 0.736. The van der Waals surface area contributed by atoms with Crippen LogP contribution in [0.25, 0.3) is 5.65 Å². The number of rotatable bonds is 2. The topological polar surface area (TPSA) is 99.2 Å². The van der Waals surface area contributed by atoms with Crippen molar-refractivity contribution >= 4 is 11.6 Å². The molecule has 4 rings (SSSR count). The monoisotopic (exact) mass is 326 g/mol. The third-order valence-electron chi connectivity index (χ3n) is 4.47. The van der Waals surface area contributed by atoms with E-state index in [9.17, 15) is 9.59 Å². The molecule has 3 aromatic heterocycles. The van der Waals surface area contributed by atoms with Gasteiger partial charge in [-0.05, 0) is 19.8 Å². The maximum Gasteiger partial charge on any atom is 0.285 e. The van der Waals surface area contributed by atoms with Crippen LogP contribution in [-0.4, -0.2) is 48.5 Å². The Balaban J connectivity index is 1.63. The zero-order chi connectivity index (χ0) is 16.7. The number of carbonyl (C=O) groups is 1. The Morgan fingerprint density at radius 1 is 1.38 bits per heavy atom. The fourth-order valence-corrected chi connectivity index (χ4v) is 3.28. The van der Waals surface area contributed by atoms with Crippen molar-refractivity contribution in [3.8, 4) is 0 Å². The van der Waals surface area contributed by atoms with Crippen molar-refractivity contribution in [2.75, 3.05) is 13.1 Å². The molecule has 0 bridgehead atoms. The summed E-state index contributed by atoms with van der Waals surface area (Å²) in [5.41, 5.74) is 1.06. The number of H-pyrrole nitrogens is 2. The van der Waals surface area contributed by atoms with E-state index in [4.69, 9.17) is 0 Å². The molecule has 8 nitrogen and oxygen atoms in total. The van der Waals surface area contributed by atoms with Crippen LogP contribution in [-0.2, 0) is 0 Å². The normalized spacial score (nSPS) is 18.2. The van der Waals surface area contributed by atoms with Crippen molar-refractivity contribution in [3.05, 3.63) is 52.1 Å². The first-order valence-electron chi connectivity index (χ1n) is 7.99. The molecule has 0 unspecified atom stereocenters. The van der Waals surface area contributed by atoms with Gasteiger partial charge in [-0.3, -0.25) is 14.7 Å². The van der Waals surface area contributed by atoms with E-state index < -0.39 is 0 Å². The van der Waals surface area contributed by atoms with Crippen LogP contribution in [0.3, 0.4) is 0 Å². The minimum atomic E-state index is -0.363. The summed E-state index contributed by atoms with van der Waals surface area (Å²) >= 11 is 0. The smallest absolute Gasteiger partial charge is 0.285 e. The summed E-state index contributed by atoms with van der Waals surface area (Å²) < 4.78 is 1.32. The van der Waals surface area contributed by atoms with Crippen LogP contribution in [0.4, 0.5) is 0 Å². The summed E-state index contributed by atoms with van der Waals surface area (Å²) in [7, 11) is 0. The number of aromatic amines is 2. The van der Waals surface area contributed by atoms with Gasteiger partial charge in [-0.1, -0.05) is 0 Å². The minimum absolute atomic E-state index is 0.0921. The average molecular weight is 326 g/mol. The molecule has 1 aliphatic heterocycles. The number of nitrogens with one attached hydrogen (secondary N) is 2. The van der Waals surface area contributed by atoms with Crippen LogP contribution >= 0.6 is 0 Å². The molecular weight excluding hydrogens is 308 g/mol. The number of fused-ring (bicyclic) bond motifs is 1. The van der Waals surface area contributed by atoms with Crippen molar-refractivity contribution in [2.24, 2.45) is 0 Å². The highest BCUT2D eigenvalue weighted by atomic mass is 16.2. The van der Waals surface area contributed by atoms with Gasteiger partial charge in [0, 0.05) is 49.4 Å². The molecule has 0 spiro atoms. The summed E-state index contributed by atoms with van der Waals surface area (Å²) in [5.74, 6) is 0.785. The van der Waals surface area contributed by atoms with E-state index >= 15 is 0 Å². The highest BCUT2D eigenvalue weighted by Crippen LogP contribution is 2.24. The van der Waals surface area contributed by atoms with Gasteiger partial charge in [-0.15, -0.1) is 0 Å². The van der Waals surface area contributed by atoms with Crippen molar-refractivity contribution < 1.29 is 4.79 Å². The van der Waals surface area contributed by atoms with Crippen LogP contribution in [0.15, 0.2) is 29.5 Å². The second-order valence-electron chi connectivity index (χ2n) is 6.17. The number of imidazole rings is 1. The van der Waals surface area contributed by atoms with Crippen LogP contribution in [0, 0.1) is 6.92 Å². The average Bonchev–Trinajstić information content (AvgIpc) is 3.24. The van der Waals surface area contributed by atoms with Gasteiger partial charge in [0.25, 0.3) is 11.5 Å². The maximum atomic E-state index is 12.8. The van der Waals surface area contributed by atoms with Gasteiger partial charge in [0.1, 0.15) is 11.4 Å². The standard InChI is InChI=1S/C16H18N6O2/c1-10-7-13-19-8-12(16(24)22(13)20-10)15(23)21-6-2-3-11(9-21)14-17-4-5-18-14/h4-5,7-8,11,20H,2-3,6,9H2,1H3,(H,17,18)/t11-/m1/s1. The number of hydrogen-bond donors (Lipinski definition) is 2. The van der Waals surface area contributed by atoms with E-state index in [1.807, 2.05) is 6.92 Å². The van der Waals surface area contributed by atoms with E-state index in [1.165, 1.54) is 10.7 Å². The van der Waals surface area contributed by atoms with Gasteiger partial charge in [0.05, 0.1) is 0 Å². The summed E-state index contributed by atoms with van der Waals surface area (Å²) in [5, 5.41) is 2.91. The lowest BCUT2D eigenvalue weighted by Gasteiger charge is -2.31. The molecule has 0 aliphatic carbocycles. The van der Waals surface area contributed by atoms with E-state index in [2.05, 4.69) is 20.1 Å². The van der Waals surface area contributed by atoms with Crippen molar-refractivity contribution in [1.82, 2.24) is 29.5 Å². The van der Waals surface area contributed by atoms with Gasteiger partial charge >= 0.3 is 0 Å². The summed E-state index contributed by atoms with van der Waals surface area (Å²) in [6.45, 7) is 3.04. The Labute approximate surface area is 137 Å². The van der Waals surface area contributed by atoms with E-state index in [0.29, 0.717) is 18.7 Å². The lowest BCUT2D eigenvalue weighted by Crippen LogP contribution is -2.42. The molecule has 2 N–H and O–H groups in total. The van der Waals surface area contributed by atoms with E-state index in [1.54, 1.807) is 23.4 Å². The number of carbonyl (C=O) groups excluding carboxylic acids is 1. The maximum absolute atomic E-state index is 12.8. The zero-order valence-electron chi connectivity index (χ0n) is 13.3. The molecule has 1 amide bonds. The third kappa shape index (κ3) is 2.40. The molecule has 0 saturated carbocycles. The summed E-state index contributed by atoms with van der Waals surface area (Å²) in [6.07, 6.45) is 6.74. The molecule has 8 heteroatoms. The molecule has 0 aromatic carbocycles. The second-order valence-corrected chi connectivity index (χ2v) is 6.17. The van der Waals surface area contributed by atoms with Crippen molar-refractivity contribution in [1.29, 1.82) is 0 Å². The third-order valence-corrected chi connectivity index (χ3v) is 4.47. The molecule has 4 heterocycles. The zero-order valence-corrected chi connectivity index (χ0v) is 13.3. The van der Waals surface area contributed by atoms with Crippen LogP contribution < -0.4 is 5.56 Å². The number of nitrogens with zero attached hydrogens (tertiary/aromatic N) is 4. The Kier molecular flexibility index (Phi) is 3.44. The van der Waals surface area contributed by atoms with Gasteiger partial charge in [-0.2, -0.15) is 0 Å². The molecule has 124 valence electrons. The molecule has 24 heavy (non-hydrogen) atoms. The van der Waals surface area contributed by atoms with Crippen LogP contribution in [0.2, 0.25) is 0 Å². The second kappa shape index (κ2) is 5.63. The predicted molar refractivity (Wildman–Crippen MR) is 87.0 cm³/mol. The highest BCUT2D eigenvalue weighted by molar-refractivity contribution is 5.93. The van der Waals surface area contributed by atoms with Crippen molar-refractivity contribution in [3.63, 3.8) is 0 Å². The minimum Gasteiger partial charge on any atom is -0.348 e. The first-order chi connectivity index (χ1) is 11.6. The van der Waals surface area contributed by atoms with E-state index in [-0.39, 0.29) is 22.9 Å². The Bertz CT molecular complexity index is 939. The fourth-order valence-electron chi connectivity index (χ4n) is 3.28. The lowest BCUT2D eigenvalue weighted by atomic mass is 9.97. The Morgan fingerprint density at radius 3 is 3.04 bits per heavy atom. The molecule has 1 saturated heterocycles. The Morgan fingerprint density at radius 2 is 2.25 bits per heavy atom. The van der Waals surface area contributed by atoms with Crippen molar-refractivity contribution in [2.45, 2.75) is 25.7 Å². The Hall–Kier alpha value is -2.90. The predicted octanol–water partition coefficient (Wildman–Crippen LogP) is 1.07. The fraction of sp³-hybridized carbons (Fsp3) is 0.375. The molecular formula is C16H18N6O2. The molecule has 3 aromatic rings. The highest BCUT2D eigenvalue weighted by Gasteiger charge is 2.28. The first-order valence-corrected chi connectivity index (χ1v) is 7.99. The van der Waals surface area contributed by atoms with Crippen LogP contribution in [0.1, 0.15) is 40.6 Å². The van der Waals surface area contributed by atoms with Gasteiger partial charge < -0.3 is 9.88 Å². The van der Waals surface area contributed by atoms with Gasteiger partial charge in [0.15, 0.2) is 5.65 Å². The summed E-state index contributed by atoms with van der Waals surface area (Å²) in [6, 6.07) is 1.77. The number of likely N-dealkylation sites (tertiary alicyclic amines) is 1. The number of aryl methyl sites for hydroxylation is 1. The number of aromatic nitrogens is 5. The van der Waals surface area contributed by atoms with Gasteiger partial charge in [-0.25, -0.2) is 14.5 Å². The molecule has 1 atom stereocenters. The summed E-state index contributed by atoms with van der Waals surface area (Å²) in [4.78, 5) is 38.7. The largest absolute Gasteiger partial charge is 0.348 e. The number of piperidine rings is 1. The van der Waals surface area contributed by atoms with Crippen LogP contribution in [0.5, 0.6) is 0 Å². The lowest BCUT2D eigenvalue weighted by molar-refractivity contribution is 0.0702. The molecule has 1 fully saturated rings. The number of hydrogen-bond acceptors (Lipinski definition) is 4. The first kappa shape index (κ1) is 14.7. The molecule has 1 aliphatic rings. The SMILES string of the molecule is Cc1cc2ncc(C(=O)N3CCC[C@@H](c4ncc[nH]4)C3)c(=O)n2[nH]1.